The van der Waals surface area contributed by atoms with Crippen LogP contribution in [-0.2, 0) is 0 Å². The Labute approximate surface area is 245 Å². The molecule has 1 amide bonds. The van der Waals surface area contributed by atoms with Gasteiger partial charge >= 0.3 is 5.97 Å². The van der Waals surface area contributed by atoms with Crippen LogP contribution < -0.4 is 16.8 Å². The molecule has 0 spiro atoms. The van der Waals surface area contributed by atoms with Gasteiger partial charge in [0.2, 0.25) is 0 Å². The minimum absolute atomic E-state index is 0. The molecule has 0 bridgehead atoms. The van der Waals surface area contributed by atoms with Crippen LogP contribution in [0.25, 0.3) is 0 Å². The van der Waals surface area contributed by atoms with Gasteiger partial charge in [0.05, 0.1) is 23.8 Å². The molecular formula is C24H43ClN8O3S2. The van der Waals surface area contributed by atoms with Crippen molar-refractivity contribution in [1.82, 2.24) is 30.0 Å². The Morgan fingerprint density at radius 2 is 1.45 bits per heavy atom. The maximum atomic E-state index is 12.1. The zero-order valence-corrected chi connectivity index (χ0v) is 25.2. The number of nitrogens with two attached hydrogens (primary N) is 2. The number of anilines is 2. The first-order chi connectivity index (χ1) is 16.6. The standard InChI is InChI=1S/C12H18N4O.C6H6N2O2.C6H14N2.ClH.2H2S/c1-15(2)10-5-6-16(8-10)12(17)11-4-3-9(13)7-14-11;7-4-1-2-5(6(9)10)8-3-4;1-8(2)6-3-4-7-5-6;;;/h3-4,7,10H,5-6,8,13H2,1-2H3;1-3H,7H2,(H,9,10);6-7H,3-5H2,1-2H3;1H;2*1H2/t10-;;6-;;;/m0.0.../s1. The summed E-state index contributed by atoms with van der Waals surface area (Å²) in [5.74, 6) is -1.05. The fourth-order valence-electron chi connectivity index (χ4n) is 3.65. The smallest absolute Gasteiger partial charge is 0.354 e. The van der Waals surface area contributed by atoms with Gasteiger partial charge in [-0.05, 0) is 71.8 Å². The number of amides is 1. The van der Waals surface area contributed by atoms with E-state index in [0.29, 0.717) is 23.1 Å². The number of rotatable bonds is 4. The summed E-state index contributed by atoms with van der Waals surface area (Å²) in [5, 5.41) is 11.7. The Morgan fingerprint density at radius 1 is 0.921 bits per heavy atom. The number of carboxylic acid groups (broad SMARTS) is 1. The highest BCUT2D eigenvalue weighted by atomic mass is 35.5. The van der Waals surface area contributed by atoms with Crippen LogP contribution in [0.5, 0.6) is 0 Å². The maximum Gasteiger partial charge on any atom is 0.354 e. The summed E-state index contributed by atoms with van der Waals surface area (Å²) in [5.41, 5.74) is 12.3. The van der Waals surface area contributed by atoms with Crippen LogP contribution in [0.2, 0.25) is 0 Å². The minimum Gasteiger partial charge on any atom is -0.477 e. The molecule has 2 aliphatic rings. The Morgan fingerprint density at radius 3 is 1.79 bits per heavy atom. The van der Waals surface area contributed by atoms with Crippen molar-refractivity contribution in [3.8, 4) is 0 Å². The Hall–Kier alpha value is -2.29. The molecular weight excluding hydrogens is 548 g/mol. The molecule has 0 radical (unpaired) electrons. The largest absolute Gasteiger partial charge is 0.477 e. The van der Waals surface area contributed by atoms with Crippen molar-refractivity contribution in [1.29, 1.82) is 0 Å². The fraction of sp³-hybridized carbons (Fsp3) is 0.500. The normalized spacial score (nSPS) is 17.6. The van der Waals surface area contributed by atoms with Crippen molar-refractivity contribution in [2.24, 2.45) is 0 Å². The van der Waals surface area contributed by atoms with Crippen LogP contribution in [0.3, 0.4) is 0 Å². The van der Waals surface area contributed by atoms with E-state index in [1.807, 2.05) is 19.0 Å². The molecule has 2 atom stereocenters. The van der Waals surface area contributed by atoms with E-state index in [-0.39, 0.29) is 51.0 Å². The highest BCUT2D eigenvalue weighted by Gasteiger charge is 2.28. The maximum absolute atomic E-state index is 12.1. The predicted molar refractivity (Wildman–Crippen MR) is 165 cm³/mol. The van der Waals surface area contributed by atoms with Crippen LogP contribution in [-0.4, -0.2) is 108 Å². The first kappa shape index (κ1) is 37.9. The van der Waals surface area contributed by atoms with Gasteiger partial charge in [0, 0.05) is 31.7 Å². The number of aromatic nitrogens is 2. The van der Waals surface area contributed by atoms with Gasteiger partial charge in [0.15, 0.2) is 0 Å². The lowest BCUT2D eigenvalue weighted by molar-refractivity contribution is 0.0689. The SMILES string of the molecule is CN(C)[C@H]1CCN(C(=O)c2ccc(N)cn2)C1.CN(C)[C@H]1CCNC1.Cl.Nc1ccc(C(=O)O)nc1.S.S. The number of nitrogen functional groups attached to an aromatic ring is 2. The van der Waals surface area contributed by atoms with Crippen molar-refractivity contribution in [3.05, 3.63) is 48.0 Å². The Kier molecular flexibility index (Phi) is 18.8. The highest BCUT2D eigenvalue weighted by molar-refractivity contribution is 7.59. The molecule has 2 aromatic rings. The summed E-state index contributed by atoms with van der Waals surface area (Å²) in [7, 11) is 8.36. The molecule has 2 saturated heterocycles. The number of carboxylic acids is 1. The summed E-state index contributed by atoms with van der Waals surface area (Å²) in [4.78, 5) is 36.2. The second kappa shape index (κ2) is 18.9. The lowest BCUT2D eigenvalue weighted by atomic mass is 10.2. The number of carbonyl (C=O) groups excluding carboxylic acids is 1. The topological polar surface area (TPSA) is 154 Å². The molecule has 2 aliphatic heterocycles. The van der Waals surface area contributed by atoms with E-state index in [1.54, 1.807) is 12.1 Å². The van der Waals surface area contributed by atoms with Gasteiger partial charge in [0.1, 0.15) is 11.4 Å². The monoisotopic (exact) mass is 590 g/mol. The third-order valence-electron chi connectivity index (χ3n) is 5.96. The average Bonchev–Trinajstić information content (AvgIpc) is 3.53. The van der Waals surface area contributed by atoms with Crippen molar-refractivity contribution >= 4 is 62.6 Å². The Bertz CT molecular complexity index is 947. The van der Waals surface area contributed by atoms with E-state index >= 15 is 0 Å². The van der Waals surface area contributed by atoms with Crippen molar-refractivity contribution in [3.63, 3.8) is 0 Å². The molecule has 38 heavy (non-hydrogen) atoms. The molecule has 0 aromatic carbocycles. The molecule has 4 heterocycles. The van der Waals surface area contributed by atoms with Crippen molar-refractivity contribution in [2.75, 3.05) is 65.8 Å². The average molecular weight is 591 g/mol. The fourth-order valence-corrected chi connectivity index (χ4v) is 3.65. The van der Waals surface area contributed by atoms with Crippen molar-refractivity contribution < 1.29 is 14.7 Å². The van der Waals surface area contributed by atoms with Crippen LogP contribution in [0, 0.1) is 0 Å². The van der Waals surface area contributed by atoms with Gasteiger partial charge < -0.3 is 36.6 Å². The number of likely N-dealkylation sites (N-methyl/N-ethyl adjacent to an activating group) is 2. The molecule has 2 aromatic heterocycles. The van der Waals surface area contributed by atoms with E-state index < -0.39 is 5.97 Å². The summed E-state index contributed by atoms with van der Waals surface area (Å²) in [6.45, 7) is 3.95. The molecule has 4 rings (SSSR count). The lowest BCUT2D eigenvalue weighted by Gasteiger charge is -2.20. The first-order valence-electron chi connectivity index (χ1n) is 11.6. The molecule has 216 valence electrons. The van der Waals surface area contributed by atoms with Gasteiger partial charge in [0.25, 0.3) is 5.91 Å². The molecule has 0 aliphatic carbocycles. The third kappa shape index (κ3) is 12.5. The molecule has 0 saturated carbocycles. The number of hydrogen-bond donors (Lipinski definition) is 4. The molecule has 6 N–H and O–H groups in total. The second-order valence-corrected chi connectivity index (χ2v) is 9.03. The molecule has 14 heteroatoms. The number of carbonyl (C=O) groups is 2. The second-order valence-electron chi connectivity index (χ2n) is 9.03. The Balaban J connectivity index is 0. The van der Waals surface area contributed by atoms with E-state index in [4.69, 9.17) is 16.6 Å². The van der Waals surface area contributed by atoms with Crippen LogP contribution in [0.4, 0.5) is 11.4 Å². The number of likely N-dealkylation sites (tertiary alicyclic amines) is 1. The molecule has 0 unspecified atom stereocenters. The van der Waals surface area contributed by atoms with E-state index in [0.717, 1.165) is 25.6 Å². The predicted octanol–water partition coefficient (Wildman–Crippen LogP) is 1.36. The van der Waals surface area contributed by atoms with Crippen LogP contribution >= 0.6 is 39.4 Å². The zero-order valence-electron chi connectivity index (χ0n) is 22.4. The van der Waals surface area contributed by atoms with E-state index in [9.17, 15) is 9.59 Å². The summed E-state index contributed by atoms with van der Waals surface area (Å²) < 4.78 is 0. The van der Waals surface area contributed by atoms with Crippen LogP contribution in [0.1, 0.15) is 33.8 Å². The number of nitrogens with one attached hydrogen (secondary N) is 1. The summed E-state index contributed by atoms with van der Waals surface area (Å²) >= 11 is 0. The highest BCUT2D eigenvalue weighted by Crippen LogP contribution is 2.16. The first-order valence-corrected chi connectivity index (χ1v) is 11.6. The van der Waals surface area contributed by atoms with Gasteiger partial charge in [-0.25, -0.2) is 14.8 Å². The van der Waals surface area contributed by atoms with E-state index in [1.165, 1.54) is 44.0 Å². The summed E-state index contributed by atoms with van der Waals surface area (Å²) in [6, 6.07) is 7.48. The minimum atomic E-state index is -1.04. The summed E-state index contributed by atoms with van der Waals surface area (Å²) in [6.07, 6.45) is 5.16. The number of hydrogen-bond acceptors (Lipinski definition) is 9. The zero-order chi connectivity index (χ0) is 26.0. The van der Waals surface area contributed by atoms with Crippen LogP contribution in [0.15, 0.2) is 36.7 Å². The third-order valence-corrected chi connectivity index (χ3v) is 5.96. The van der Waals surface area contributed by atoms with E-state index in [2.05, 4.69) is 39.2 Å². The van der Waals surface area contributed by atoms with Gasteiger partial charge in [-0.2, -0.15) is 27.0 Å². The van der Waals surface area contributed by atoms with Gasteiger partial charge in [-0.3, -0.25) is 4.79 Å². The quantitative estimate of drug-likeness (QED) is 0.410. The number of halogens is 1. The lowest BCUT2D eigenvalue weighted by Crippen LogP contribution is -2.34. The number of aromatic carboxylic acids is 1. The number of nitrogens with zero attached hydrogens (tertiary/aromatic N) is 5. The number of pyridine rings is 2. The molecule has 11 nitrogen and oxygen atoms in total. The van der Waals surface area contributed by atoms with Gasteiger partial charge in [-0.15, -0.1) is 12.4 Å². The molecule has 2 fully saturated rings. The van der Waals surface area contributed by atoms with Crippen molar-refractivity contribution in [2.45, 2.75) is 24.9 Å². The van der Waals surface area contributed by atoms with Gasteiger partial charge in [-0.1, -0.05) is 0 Å².